The second kappa shape index (κ2) is 8.36. The minimum absolute atomic E-state index is 0.131. The molecular formula is C19H20BrN3O3S2. The summed E-state index contributed by atoms with van der Waals surface area (Å²) in [6, 6.07) is 13.7. The van der Waals surface area contributed by atoms with Crippen LogP contribution < -0.4 is 0 Å². The Hall–Kier alpha value is -1.68. The highest BCUT2D eigenvalue weighted by Gasteiger charge is 2.31. The van der Waals surface area contributed by atoms with Gasteiger partial charge >= 0.3 is 0 Å². The Balaban J connectivity index is 1.95. The van der Waals surface area contributed by atoms with E-state index < -0.39 is 10.0 Å². The van der Waals surface area contributed by atoms with Crippen molar-refractivity contribution in [3.8, 4) is 0 Å². The molecule has 1 amide bonds. The molecule has 0 spiro atoms. The lowest BCUT2D eigenvalue weighted by Gasteiger charge is -2.16. The Morgan fingerprint density at radius 1 is 1.21 bits per heavy atom. The van der Waals surface area contributed by atoms with Gasteiger partial charge in [0.2, 0.25) is 10.0 Å². The first-order chi connectivity index (χ1) is 13.2. The summed E-state index contributed by atoms with van der Waals surface area (Å²) >= 11 is 4.89. The summed E-state index contributed by atoms with van der Waals surface area (Å²) in [4.78, 5) is 19.4. The number of amidine groups is 1. The molecular weight excluding hydrogens is 462 g/mol. The number of nitrogens with zero attached hydrogens (tertiary/aromatic N) is 3. The summed E-state index contributed by atoms with van der Waals surface area (Å²) in [5, 5.41) is 0.764. The highest BCUT2D eigenvalue weighted by molar-refractivity contribution is 9.10. The van der Waals surface area contributed by atoms with E-state index in [1.165, 1.54) is 38.0 Å². The van der Waals surface area contributed by atoms with Gasteiger partial charge in [-0.15, -0.1) is 0 Å². The molecule has 3 rings (SSSR count). The number of aliphatic imine (C=N–C) groups is 1. The quantitative estimate of drug-likeness (QED) is 0.662. The Kier molecular flexibility index (Phi) is 6.28. The van der Waals surface area contributed by atoms with Crippen molar-refractivity contribution in [2.24, 2.45) is 4.99 Å². The predicted octanol–water partition coefficient (Wildman–Crippen LogP) is 3.96. The lowest BCUT2D eigenvalue weighted by molar-refractivity contribution is 0.0855. The fourth-order valence-electron chi connectivity index (χ4n) is 2.68. The maximum Gasteiger partial charge on any atom is 0.259 e. The largest absolute Gasteiger partial charge is 0.286 e. The summed E-state index contributed by atoms with van der Waals surface area (Å²) in [6.45, 7) is 2.58. The summed E-state index contributed by atoms with van der Waals surface area (Å²) in [5.41, 5.74) is 1.06. The molecule has 6 nitrogen and oxygen atoms in total. The van der Waals surface area contributed by atoms with Crippen molar-refractivity contribution < 1.29 is 13.2 Å². The van der Waals surface area contributed by atoms with Gasteiger partial charge in [-0.3, -0.25) is 9.69 Å². The number of thioether (sulfide) groups is 1. The number of halogens is 1. The fraction of sp³-hybridized carbons (Fsp3) is 0.263. The van der Waals surface area contributed by atoms with Crippen LogP contribution >= 0.6 is 27.7 Å². The third-order valence-electron chi connectivity index (χ3n) is 4.11. The third kappa shape index (κ3) is 4.48. The molecule has 2 aromatic carbocycles. The van der Waals surface area contributed by atoms with E-state index in [4.69, 9.17) is 0 Å². The van der Waals surface area contributed by atoms with Gasteiger partial charge in [0.05, 0.1) is 10.6 Å². The normalized spacial score (nSPS) is 18.8. The molecule has 9 heteroatoms. The SMILES string of the molecule is CC1CN(C(=O)c2cccc(Br)c2)C(=Nc2cccc(S(=O)(=O)N(C)C)c2)S1. The maximum atomic E-state index is 13.0. The lowest BCUT2D eigenvalue weighted by atomic mass is 10.2. The molecule has 1 aliphatic heterocycles. The summed E-state index contributed by atoms with van der Waals surface area (Å²) in [6.07, 6.45) is 0. The minimum Gasteiger partial charge on any atom is -0.286 e. The number of sulfonamides is 1. The maximum absolute atomic E-state index is 13.0. The minimum atomic E-state index is -3.55. The number of rotatable bonds is 4. The van der Waals surface area contributed by atoms with Crippen LogP contribution in [0.3, 0.4) is 0 Å². The van der Waals surface area contributed by atoms with Crippen LogP contribution in [0.15, 0.2) is 62.9 Å². The van der Waals surface area contributed by atoms with Crippen molar-refractivity contribution in [2.75, 3.05) is 20.6 Å². The van der Waals surface area contributed by atoms with Crippen molar-refractivity contribution in [1.29, 1.82) is 0 Å². The summed E-state index contributed by atoms with van der Waals surface area (Å²) in [7, 11) is -0.576. The molecule has 1 atom stereocenters. The first kappa shape index (κ1) is 21.0. The van der Waals surface area contributed by atoms with Crippen LogP contribution in [0.25, 0.3) is 0 Å². The molecule has 0 aliphatic carbocycles. The van der Waals surface area contributed by atoms with Crippen molar-refractivity contribution in [3.05, 3.63) is 58.6 Å². The Morgan fingerprint density at radius 3 is 2.61 bits per heavy atom. The van der Waals surface area contributed by atoms with E-state index >= 15 is 0 Å². The first-order valence-electron chi connectivity index (χ1n) is 8.54. The van der Waals surface area contributed by atoms with Crippen LogP contribution in [0.5, 0.6) is 0 Å². The zero-order valence-corrected chi connectivity index (χ0v) is 18.9. The second-order valence-electron chi connectivity index (χ2n) is 6.53. The van der Waals surface area contributed by atoms with Gasteiger partial charge in [0.15, 0.2) is 5.17 Å². The molecule has 1 heterocycles. The van der Waals surface area contributed by atoms with Gasteiger partial charge < -0.3 is 0 Å². The van der Waals surface area contributed by atoms with E-state index in [-0.39, 0.29) is 16.1 Å². The van der Waals surface area contributed by atoms with Crippen LogP contribution in [0.2, 0.25) is 0 Å². The smallest absolute Gasteiger partial charge is 0.259 e. The van der Waals surface area contributed by atoms with E-state index in [0.717, 1.165) is 8.78 Å². The van der Waals surface area contributed by atoms with Gasteiger partial charge in [-0.1, -0.05) is 46.7 Å². The van der Waals surface area contributed by atoms with Crippen LogP contribution in [0, 0.1) is 0 Å². The monoisotopic (exact) mass is 481 g/mol. The second-order valence-corrected chi connectivity index (χ2v) is 11.0. The highest BCUT2D eigenvalue weighted by Crippen LogP contribution is 2.30. The molecule has 1 aliphatic rings. The summed E-state index contributed by atoms with van der Waals surface area (Å²) < 4.78 is 26.7. The third-order valence-corrected chi connectivity index (χ3v) is 7.49. The average Bonchev–Trinajstić information content (AvgIpc) is 3.01. The zero-order chi connectivity index (χ0) is 20.5. The summed E-state index contributed by atoms with van der Waals surface area (Å²) in [5.74, 6) is -0.131. The molecule has 1 fully saturated rings. The van der Waals surface area contributed by atoms with E-state index in [0.29, 0.717) is 23.0 Å². The van der Waals surface area contributed by atoms with Crippen molar-refractivity contribution in [1.82, 2.24) is 9.21 Å². The number of hydrogen-bond acceptors (Lipinski definition) is 5. The van der Waals surface area contributed by atoms with Gasteiger partial charge in [0.1, 0.15) is 0 Å². The van der Waals surface area contributed by atoms with E-state index in [1.54, 1.807) is 29.2 Å². The molecule has 148 valence electrons. The van der Waals surface area contributed by atoms with Crippen LogP contribution in [-0.2, 0) is 10.0 Å². The molecule has 0 aromatic heterocycles. The van der Waals surface area contributed by atoms with Gasteiger partial charge in [0.25, 0.3) is 5.91 Å². The van der Waals surface area contributed by atoms with Crippen LogP contribution in [0.4, 0.5) is 5.69 Å². The Labute approximate surface area is 177 Å². The van der Waals surface area contributed by atoms with Crippen LogP contribution in [0.1, 0.15) is 17.3 Å². The Morgan fingerprint density at radius 2 is 1.93 bits per heavy atom. The number of carbonyl (C=O) groups excluding carboxylic acids is 1. The number of amides is 1. The standard InChI is InChI=1S/C19H20BrN3O3S2/c1-13-12-23(18(24)14-6-4-7-15(20)10-14)19(27-13)21-16-8-5-9-17(11-16)28(25,26)22(2)3/h4-11,13H,12H2,1-3H3. The lowest BCUT2D eigenvalue weighted by Crippen LogP contribution is -2.32. The molecule has 0 N–H and O–H groups in total. The molecule has 0 bridgehead atoms. The van der Waals surface area contributed by atoms with E-state index in [9.17, 15) is 13.2 Å². The predicted molar refractivity (Wildman–Crippen MR) is 117 cm³/mol. The van der Waals surface area contributed by atoms with Gasteiger partial charge in [-0.25, -0.2) is 17.7 Å². The van der Waals surface area contributed by atoms with Gasteiger partial charge in [0, 0.05) is 35.9 Å². The number of carbonyl (C=O) groups is 1. The molecule has 1 unspecified atom stereocenters. The zero-order valence-electron chi connectivity index (χ0n) is 15.7. The van der Waals surface area contributed by atoms with Crippen LogP contribution in [-0.4, -0.2) is 54.6 Å². The molecule has 28 heavy (non-hydrogen) atoms. The highest BCUT2D eigenvalue weighted by atomic mass is 79.9. The molecule has 2 aromatic rings. The van der Waals surface area contributed by atoms with Gasteiger partial charge in [-0.2, -0.15) is 0 Å². The van der Waals surface area contributed by atoms with Crippen molar-refractivity contribution in [2.45, 2.75) is 17.1 Å². The topological polar surface area (TPSA) is 70.0 Å². The van der Waals surface area contributed by atoms with E-state index in [2.05, 4.69) is 20.9 Å². The number of hydrogen-bond donors (Lipinski definition) is 0. The average molecular weight is 482 g/mol. The fourth-order valence-corrected chi connectivity index (χ4v) is 5.05. The van der Waals surface area contributed by atoms with Crippen molar-refractivity contribution in [3.63, 3.8) is 0 Å². The van der Waals surface area contributed by atoms with E-state index in [1.807, 2.05) is 19.1 Å². The molecule has 1 saturated heterocycles. The Bertz CT molecular complexity index is 1040. The first-order valence-corrected chi connectivity index (χ1v) is 11.6. The van der Waals surface area contributed by atoms with Crippen molar-refractivity contribution >= 4 is 54.5 Å². The molecule has 0 saturated carbocycles. The number of benzene rings is 2. The van der Waals surface area contributed by atoms with Gasteiger partial charge in [-0.05, 0) is 36.4 Å². The molecule has 0 radical (unpaired) electrons.